The van der Waals surface area contributed by atoms with Gasteiger partial charge < -0.3 is 0 Å². The zero-order chi connectivity index (χ0) is 33.7. The van der Waals surface area contributed by atoms with Gasteiger partial charge in [-0.1, -0.05) is 158 Å². The Morgan fingerprint density at radius 1 is 0.216 bits per heavy atom. The molecule has 0 bridgehead atoms. The first-order chi connectivity index (χ1) is 25.3. The van der Waals surface area contributed by atoms with Gasteiger partial charge in [0.15, 0.2) is 0 Å². The highest BCUT2D eigenvalue weighted by Gasteiger charge is 2.18. The maximum atomic E-state index is 2.42. The van der Waals surface area contributed by atoms with E-state index < -0.39 is 0 Å². The van der Waals surface area contributed by atoms with E-state index in [-0.39, 0.29) is 0 Å². The molecule has 10 rings (SSSR count). The largest absolute Gasteiger partial charge is 0.135 e. The van der Waals surface area contributed by atoms with Crippen molar-refractivity contribution in [3.63, 3.8) is 0 Å². The topological polar surface area (TPSA) is 0 Å². The molecule has 51 heavy (non-hydrogen) atoms. The molecule has 0 atom stereocenters. The lowest BCUT2D eigenvalue weighted by molar-refractivity contribution is 1.61. The Kier molecular flexibility index (Phi) is 7.11. The zero-order valence-corrected chi connectivity index (χ0v) is 28.7. The van der Waals surface area contributed by atoms with Crippen LogP contribution in [0.25, 0.3) is 97.4 Å². The minimum absolute atomic E-state index is 1.21. The molecule has 1 aromatic heterocycles. The van der Waals surface area contributed by atoms with Crippen molar-refractivity contribution < 1.29 is 0 Å². The van der Waals surface area contributed by atoms with Gasteiger partial charge >= 0.3 is 0 Å². The van der Waals surface area contributed by atoms with Crippen molar-refractivity contribution in [2.75, 3.05) is 0 Å². The lowest BCUT2D eigenvalue weighted by atomic mass is 9.84. The number of hydrogen-bond donors (Lipinski definition) is 0. The van der Waals surface area contributed by atoms with Crippen LogP contribution < -0.4 is 0 Å². The highest BCUT2D eigenvalue weighted by Crippen LogP contribution is 2.46. The Balaban J connectivity index is 1.21. The van der Waals surface area contributed by atoms with Gasteiger partial charge in [0.2, 0.25) is 0 Å². The van der Waals surface area contributed by atoms with Gasteiger partial charge in [-0.15, -0.1) is 11.3 Å². The summed E-state index contributed by atoms with van der Waals surface area (Å²) < 4.78 is 2.67. The monoisotopic (exact) mass is 664 g/mol. The van der Waals surface area contributed by atoms with E-state index in [1.54, 1.807) is 0 Å². The Morgan fingerprint density at radius 3 is 1.22 bits per heavy atom. The summed E-state index contributed by atoms with van der Waals surface area (Å²) in [6.45, 7) is 0. The van der Waals surface area contributed by atoms with Crippen LogP contribution in [-0.4, -0.2) is 0 Å². The average Bonchev–Trinajstić information content (AvgIpc) is 3.58. The van der Waals surface area contributed by atoms with Gasteiger partial charge in [-0.3, -0.25) is 0 Å². The van der Waals surface area contributed by atoms with E-state index in [0.717, 1.165) is 0 Å². The molecule has 0 aliphatic carbocycles. The van der Waals surface area contributed by atoms with Crippen molar-refractivity contribution in [1.29, 1.82) is 0 Å². The fourth-order valence-electron chi connectivity index (χ4n) is 7.83. The minimum atomic E-state index is 1.21. The third-order valence-corrected chi connectivity index (χ3v) is 11.4. The minimum Gasteiger partial charge on any atom is -0.135 e. The molecule has 1 heterocycles. The molecule has 0 aliphatic rings. The van der Waals surface area contributed by atoms with Crippen molar-refractivity contribution in [3.8, 4) is 55.6 Å². The molecular formula is C50H32S. The Hall–Kier alpha value is -6.28. The molecular weight excluding hydrogens is 633 g/mol. The molecule has 9 aromatic carbocycles. The summed E-state index contributed by atoms with van der Waals surface area (Å²) in [7, 11) is 0. The summed E-state index contributed by atoms with van der Waals surface area (Å²) in [6.07, 6.45) is 0. The van der Waals surface area contributed by atoms with Crippen molar-refractivity contribution in [2.45, 2.75) is 0 Å². The van der Waals surface area contributed by atoms with Crippen LogP contribution in [0.4, 0.5) is 0 Å². The number of benzene rings is 9. The number of hydrogen-bond acceptors (Lipinski definition) is 1. The van der Waals surface area contributed by atoms with Crippen LogP contribution in [0.3, 0.4) is 0 Å². The summed E-state index contributed by atoms with van der Waals surface area (Å²) in [5, 5.41) is 7.69. The van der Waals surface area contributed by atoms with Crippen LogP contribution in [0.5, 0.6) is 0 Å². The third-order valence-electron chi connectivity index (χ3n) is 10.3. The molecule has 0 unspecified atom stereocenters. The van der Waals surface area contributed by atoms with Gasteiger partial charge in [-0.05, 0) is 114 Å². The average molecular weight is 665 g/mol. The van der Waals surface area contributed by atoms with Gasteiger partial charge in [-0.2, -0.15) is 0 Å². The second kappa shape index (κ2) is 12.2. The fourth-order valence-corrected chi connectivity index (χ4v) is 8.92. The molecule has 0 radical (unpaired) electrons. The molecule has 0 saturated heterocycles. The zero-order valence-electron chi connectivity index (χ0n) is 27.9. The normalized spacial score (nSPS) is 11.5. The van der Waals surface area contributed by atoms with E-state index in [1.807, 2.05) is 11.3 Å². The van der Waals surface area contributed by atoms with Crippen LogP contribution in [0.2, 0.25) is 0 Å². The standard InChI is InChI=1S/C50H32S/c1-4-13-33(14-5-1)38-23-26-42-45(31-38)49(34-15-6-2-7-16-34)43-27-24-39(32-46(43)50(42)35-17-8-3-9-18-35)36-19-12-20-37(29-36)40-25-28-48-44(30-40)41-21-10-11-22-47(41)51-48/h1-32H. The first-order valence-electron chi connectivity index (χ1n) is 17.5. The van der Waals surface area contributed by atoms with Crippen LogP contribution >= 0.6 is 11.3 Å². The number of rotatable bonds is 5. The number of fused-ring (bicyclic) bond motifs is 5. The van der Waals surface area contributed by atoms with E-state index in [0.29, 0.717) is 0 Å². The second-order valence-electron chi connectivity index (χ2n) is 13.3. The maximum Gasteiger partial charge on any atom is 0.0355 e. The van der Waals surface area contributed by atoms with Crippen molar-refractivity contribution in [3.05, 3.63) is 194 Å². The SMILES string of the molecule is c1ccc(-c2ccc3c(-c4ccccc4)c4cc(-c5cccc(-c6ccc7sc8ccccc8c7c6)c5)ccc4c(-c4ccccc4)c3c2)cc1. The van der Waals surface area contributed by atoms with Crippen LogP contribution in [0, 0.1) is 0 Å². The maximum absolute atomic E-state index is 2.42. The molecule has 0 saturated carbocycles. The van der Waals surface area contributed by atoms with Gasteiger partial charge in [0.1, 0.15) is 0 Å². The van der Waals surface area contributed by atoms with Gasteiger partial charge in [0.25, 0.3) is 0 Å². The molecule has 0 amide bonds. The van der Waals surface area contributed by atoms with E-state index >= 15 is 0 Å². The molecule has 238 valence electrons. The predicted molar refractivity (Wildman–Crippen MR) is 222 cm³/mol. The van der Waals surface area contributed by atoms with Crippen LogP contribution in [0.1, 0.15) is 0 Å². The fraction of sp³-hybridized carbons (Fsp3) is 0. The molecule has 0 nitrogen and oxygen atoms in total. The summed E-state index contributed by atoms with van der Waals surface area (Å²) in [6, 6.07) is 71.3. The van der Waals surface area contributed by atoms with Gasteiger partial charge in [-0.25, -0.2) is 0 Å². The second-order valence-corrected chi connectivity index (χ2v) is 14.3. The Labute approximate surface area is 301 Å². The predicted octanol–water partition coefficient (Wildman–Crippen LogP) is 14.7. The van der Waals surface area contributed by atoms with Crippen molar-refractivity contribution >= 4 is 53.1 Å². The van der Waals surface area contributed by atoms with E-state index in [2.05, 4.69) is 194 Å². The summed E-state index contributed by atoms with van der Waals surface area (Å²) >= 11 is 1.87. The highest BCUT2D eigenvalue weighted by molar-refractivity contribution is 7.25. The van der Waals surface area contributed by atoms with Gasteiger partial charge in [0, 0.05) is 20.2 Å². The summed E-state index contributed by atoms with van der Waals surface area (Å²) in [5.41, 5.74) is 12.3. The molecule has 0 aliphatic heterocycles. The smallest absolute Gasteiger partial charge is 0.0355 e. The quantitative estimate of drug-likeness (QED) is 0.161. The molecule has 0 N–H and O–H groups in total. The highest BCUT2D eigenvalue weighted by atomic mass is 32.1. The molecule has 0 spiro atoms. The Bertz CT molecular complexity index is 2880. The van der Waals surface area contributed by atoms with E-state index in [1.165, 1.54) is 97.4 Å². The van der Waals surface area contributed by atoms with E-state index in [4.69, 9.17) is 0 Å². The van der Waals surface area contributed by atoms with Gasteiger partial charge in [0.05, 0.1) is 0 Å². The van der Waals surface area contributed by atoms with Crippen LogP contribution in [0.15, 0.2) is 194 Å². The summed E-state index contributed by atoms with van der Waals surface area (Å²) in [4.78, 5) is 0. The van der Waals surface area contributed by atoms with Crippen molar-refractivity contribution in [2.24, 2.45) is 0 Å². The molecule has 10 aromatic rings. The molecule has 1 heteroatoms. The lowest BCUT2D eigenvalue weighted by Gasteiger charge is -2.20. The van der Waals surface area contributed by atoms with Crippen LogP contribution in [-0.2, 0) is 0 Å². The van der Waals surface area contributed by atoms with Crippen molar-refractivity contribution in [1.82, 2.24) is 0 Å². The Morgan fingerprint density at radius 2 is 0.627 bits per heavy atom. The number of thiophene rings is 1. The molecule has 0 fully saturated rings. The first-order valence-corrected chi connectivity index (χ1v) is 18.3. The summed E-state index contributed by atoms with van der Waals surface area (Å²) in [5.74, 6) is 0. The third kappa shape index (κ3) is 5.14. The van der Waals surface area contributed by atoms with E-state index in [9.17, 15) is 0 Å². The lowest BCUT2D eigenvalue weighted by Crippen LogP contribution is -1.92. The first kappa shape index (κ1) is 29.6.